The van der Waals surface area contributed by atoms with Gasteiger partial charge in [-0.05, 0) is 48.1 Å². The number of carboxylic acids is 2. The van der Waals surface area contributed by atoms with E-state index in [4.69, 9.17) is 11.6 Å². The van der Waals surface area contributed by atoms with Crippen LogP contribution in [0.2, 0.25) is 5.02 Å². The number of Topliss-reactive ketones (excluding diaryl/α,β-unsaturated/α-hetero) is 1. The highest BCUT2D eigenvalue weighted by Gasteiger charge is 2.51. The Morgan fingerprint density at radius 1 is 0.894 bits per heavy atom. The highest BCUT2D eigenvalue weighted by Crippen LogP contribution is 2.48. The number of aliphatic carboxylic acids is 2. The van der Waals surface area contributed by atoms with Crippen molar-refractivity contribution in [1.82, 2.24) is 5.32 Å². The van der Waals surface area contributed by atoms with E-state index in [-0.39, 0.29) is 34.7 Å². The molecule has 47 heavy (non-hydrogen) atoms. The largest absolute Gasteiger partial charge is 0.481 e. The lowest BCUT2D eigenvalue weighted by molar-refractivity contribution is -0.384. The van der Waals surface area contributed by atoms with E-state index in [9.17, 15) is 49.4 Å². The third kappa shape index (κ3) is 8.07. The Balaban J connectivity index is 0.000000213. The predicted molar refractivity (Wildman–Crippen MR) is 169 cm³/mol. The van der Waals surface area contributed by atoms with Crippen LogP contribution >= 0.6 is 11.6 Å². The second-order valence-corrected chi connectivity index (χ2v) is 11.5. The number of rotatable bonds is 11. The van der Waals surface area contributed by atoms with Crippen LogP contribution in [0.4, 0.5) is 11.4 Å². The number of hydrogen-bond acceptors (Lipinski definition) is 8. The summed E-state index contributed by atoms with van der Waals surface area (Å²) in [6, 6.07) is 20.5. The van der Waals surface area contributed by atoms with Gasteiger partial charge in [0.05, 0.1) is 23.3 Å². The first-order valence-corrected chi connectivity index (χ1v) is 14.7. The number of aliphatic hydroxyl groups is 1. The van der Waals surface area contributed by atoms with Gasteiger partial charge in [-0.15, -0.1) is 0 Å². The van der Waals surface area contributed by atoms with Gasteiger partial charge in [-0.25, -0.2) is 4.79 Å². The number of anilines is 1. The van der Waals surface area contributed by atoms with Gasteiger partial charge in [0.25, 0.3) is 11.6 Å². The average Bonchev–Trinajstić information content (AvgIpc) is 3.68. The fourth-order valence-corrected chi connectivity index (χ4v) is 5.84. The van der Waals surface area contributed by atoms with Crippen molar-refractivity contribution >= 4 is 52.5 Å². The van der Waals surface area contributed by atoms with Gasteiger partial charge in [0.15, 0.2) is 5.78 Å². The summed E-state index contributed by atoms with van der Waals surface area (Å²) in [6.07, 6.45) is 4.00. The minimum Gasteiger partial charge on any atom is -0.481 e. The Hall–Kier alpha value is -5.40. The van der Waals surface area contributed by atoms with Crippen molar-refractivity contribution in [2.24, 2.45) is 23.7 Å². The van der Waals surface area contributed by atoms with Gasteiger partial charge in [-0.1, -0.05) is 72.3 Å². The molecule has 1 fully saturated rings. The molecule has 13 nitrogen and oxygen atoms in total. The number of carbonyl (C=O) groups excluding carboxylic acids is 3. The molecule has 2 bridgehead atoms. The van der Waals surface area contributed by atoms with Gasteiger partial charge in [-0.3, -0.25) is 29.3 Å². The quantitative estimate of drug-likeness (QED) is 0.0867. The van der Waals surface area contributed by atoms with Crippen molar-refractivity contribution in [2.45, 2.75) is 18.4 Å². The SMILES string of the molecule is O=C(NCC(=O)C(O)(Cc1ccccc1)C(=O)O)c1ccccc1.O=C(O)C1C2C=CC(C2)C1C(=O)Nc1ccc(Cl)c([N+](=O)[O-])c1. The number of carboxylic acid groups (broad SMARTS) is 2. The number of nitrogens with zero attached hydrogens (tertiary/aromatic N) is 1. The molecule has 0 aromatic heterocycles. The summed E-state index contributed by atoms with van der Waals surface area (Å²) in [5.74, 6) is -6.25. The normalized spacial score (nSPS) is 20.2. The predicted octanol–water partition coefficient (Wildman–Crippen LogP) is 3.75. The minimum absolute atomic E-state index is 0.0285. The van der Waals surface area contributed by atoms with E-state index in [1.807, 2.05) is 12.2 Å². The van der Waals surface area contributed by atoms with Crippen molar-refractivity contribution in [3.63, 3.8) is 0 Å². The number of nitro benzene ring substituents is 1. The maximum Gasteiger partial charge on any atom is 0.343 e. The third-order valence-electron chi connectivity index (χ3n) is 8.02. The molecule has 2 aliphatic rings. The van der Waals surface area contributed by atoms with E-state index in [0.29, 0.717) is 17.5 Å². The van der Waals surface area contributed by atoms with Crippen molar-refractivity contribution in [2.75, 3.05) is 11.9 Å². The van der Waals surface area contributed by atoms with Gasteiger partial charge >= 0.3 is 11.9 Å². The van der Waals surface area contributed by atoms with Crippen LogP contribution in [0.15, 0.2) is 91.0 Å². The molecule has 3 aromatic carbocycles. The maximum atomic E-state index is 12.5. The molecule has 1 saturated carbocycles. The van der Waals surface area contributed by atoms with E-state index >= 15 is 0 Å². The van der Waals surface area contributed by atoms with Gasteiger partial charge in [-0.2, -0.15) is 0 Å². The zero-order valence-electron chi connectivity index (χ0n) is 24.6. The molecular formula is C33H30ClN3O10. The molecule has 0 heterocycles. The van der Waals surface area contributed by atoms with E-state index in [1.54, 1.807) is 60.7 Å². The second-order valence-electron chi connectivity index (χ2n) is 11.1. The fraction of sp³-hybridized carbons (Fsp3) is 0.242. The number of ketones is 1. The number of benzene rings is 3. The molecule has 14 heteroatoms. The topological polar surface area (TPSA) is 213 Å². The van der Waals surface area contributed by atoms with E-state index in [0.717, 1.165) is 0 Å². The van der Waals surface area contributed by atoms with Gasteiger partial charge < -0.3 is 26.0 Å². The fourth-order valence-electron chi connectivity index (χ4n) is 5.66. The molecule has 0 spiro atoms. The average molecular weight is 664 g/mol. The molecular weight excluding hydrogens is 634 g/mol. The summed E-state index contributed by atoms with van der Waals surface area (Å²) in [5, 5.41) is 44.7. The van der Waals surface area contributed by atoms with Gasteiger partial charge in [0.1, 0.15) is 5.02 Å². The second kappa shape index (κ2) is 14.8. The number of hydrogen-bond donors (Lipinski definition) is 5. The molecule has 5 unspecified atom stereocenters. The van der Waals surface area contributed by atoms with Crippen LogP contribution < -0.4 is 10.6 Å². The highest BCUT2D eigenvalue weighted by atomic mass is 35.5. The van der Waals surface area contributed by atoms with Crippen molar-refractivity contribution in [1.29, 1.82) is 0 Å². The van der Waals surface area contributed by atoms with E-state index in [2.05, 4.69) is 10.6 Å². The van der Waals surface area contributed by atoms with E-state index < -0.39 is 58.4 Å². The first-order valence-electron chi connectivity index (χ1n) is 14.3. The summed E-state index contributed by atoms with van der Waals surface area (Å²) in [7, 11) is 0. The summed E-state index contributed by atoms with van der Waals surface area (Å²) < 4.78 is 0. The summed E-state index contributed by atoms with van der Waals surface area (Å²) >= 11 is 5.73. The molecule has 5 N–H and O–H groups in total. The molecule has 0 saturated heterocycles. The Morgan fingerprint density at radius 2 is 1.49 bits per heavy atom. The Labute approximate surface area is 273 Å². The number of carbonyl (C=O) groups is 5. The van der Waals surface area contributed by atoms with Gasteiger partial charge in [0, 0.05) is 23.7 Å². The number of fused-ring (bicyclic) bond motifs is 2. The summed E-state index contributed by atoms with van der Waals surface area (Å²) in [5.41, 5.74) is -1.84. The Bertz CT molecular complexity index is 1720. The molecule has 5 rings (SSSR count). The van der Waals surface area contributed by atoms with Crippen LogP contribution in [0.1, 0.15) is 22.3 Å². The number of allylic oxidation sites excluding steroid dienone is 2. The Kier molecular flexibility index (Phi) is 10.9. The lowest BCUT2D eigenvalue weighted by atomic mass is 9.82. The number of amides is 2. The highest BCUT2D eigenvalue weighted by molar-refractivity contribution is 6.32. The summed E-state index contributed by atoms with van der Waals surface area (Å²) in [6.45, 7) is -0.580. The van der Waals surface area contributed by atoms with Crippen molar-refractivity contribution in [3.05, 3.63) is 117 Å². The number of nitro groups is 1. The summed E-state index contributed by atoms with van der Waals surface area (Å²) in [4.78, 5) is 69.7. The van der Waals surface area contributed by atoms with Gasteiger partial charge in [0.2, 0.25) is 11.5 Å². The molecule has 0 aliphatic heterocycles. The van der Waals surface area contributed by atoms with Crippen LogP contribution in [0.5, 0.6) is 0 Å². The zero-order valence-corrected chi connectivity index (χ0v) is 25.4. The zero-order chi connectivity index (χ0) is 34.3. The molecule has 5 atom stereocenters. The van der Waals surface area contributed by atoms with Crippen LogP contribution in [0, 0.1) is 33.8 Å². The first-order chi connectivity index (χ1) is 22.3. The van der Waals surface area contributed by atoms with Crippen molar-refractivity contribution in [3.8, 4) is 0 Å². The molecule has 2 amide bonds. The molecule has 2 aliphatic carbocycles. The number of halogens is 1. The van der Waals surface area contributed by atoms with E-state index in [1.165, 1.54) is 18.2 Å². The van der Waals surface area contributed by atoms with Crippen LogP contribution in [-0.2, 0) is 25.6 Å². The lowest BCUT2D eigenvalue weighted by Crippen LogP contribution is -2.52. The monoisotopic (exact) mass is 663 g/mol. The first kappa shape index (κ1) is 34.5. The van der Waals surface area contributed by atoms with Crippen LogP contribution in [-0.4, -0.2) is 61.9 Å². The van der Waals surface area contributed by atoms with Crippen LogP contribution in [0.25, 0.3) is 0 Å². The Morgan fingerprint density at radius 3 is 2.06 bits per heavy atom. The minimum atomic E-state index is -2.59. The molecule has 3 aromatic rings. The standard InChI is InChI=1S/C18H17NO5.C15H13ClN2O5/c20-15(12-19-16(21)14-9-5-2-6-10-14)18(24,17(22)23)11-13-7-3-1-4-8-13;16-10-4-3-9(6-11(10)18(22)23)17-14(19)12-7-1-2-8(5-7)13(12)15(20)21/h1-10,24H,11-12H2,(H,19,21)(H,22,23);1-4,6-8,12-13H,5H2,(H,17,19)(H,20,21). The molecule has 244 valence electrons. The number of nitrogens with one attached hydrogen (secondary N) is 2. The molecule has 0 radical (unpaired) electrons. The maximum absolute atomic E-state index is 12.5. The lowest BCUT2D eigenvalue weighted by Gasteiger charge is -2.23. The van der Waals surface area contributed by atoms with Crippen molar-refractivity contribution < 1.29 is 44.2 Å². The smallest absolute Gasteiger partial charge is 0.343 e. The third-order valence-corrected chi connectivity index (χ3v) is 8.34. The van der Waals surface area contributed by atoms with Crippen LogP contribution in [0.3, 0.4) is 0 Å².